The number of hydrogen-bond donors (Lipinski definition) is 0. The van der Waals surface area contributed by atoms with E-state index in [0.717, 1.165) is 0 Å². The molecule has 2 aliphatic rings. The zero-order chi connectivity index (χ0) is 19.9. The number of likely N-dealkylation sites (tertiary alicyclic amines) is 1. The van der Waals surface area contributed by atoms with Crippen molar-refractivity contribution < 1.29 is 17.9 Å². The number of hydrogen-bond acceptors (Lipinski definition) is 5. The van der Waals surface area contributed by atoms with E-state index in [2.05, 4.69) is 20.3 Å². The van der Waals surface area contributed by atoms with Crippen LogP contribution in [0.3, 0.4) is 0 Å². The molecule has 0 radical (unpaired) electrons. The number of benzene rings is 2. The first kappa shape index (κ1) is 19.4. The van der Waals surface area contributed by atoms with Gasteiger partial charge in [0.2, 0.25) is 0 Å². The lowest BCUT2D eigenvalue weighted by Crippen LogP contribution is -2.41. The number of sulfonamides is 1. The molecule has 0 bridgehead atoms. The molecule has 28 heavy (non-hydrogen) atoms. The van der Waals surface area contributed by atoms with Gasteiger partial charge in [0.25, 0.3) is 10.0 Å². The Bertz CT molecular complexity index is 1080. The molecule has 6 nitrogen and oxygen atoms in total. The lowest BCUT2D eigenvalue weighted by molar-refractivity contribution is -0.140. The molecule has 0 amide bonds. The van der Waals surface area contributed by atoms with Crippen molar-refractivity contribution in [2.24, 2.45) is 10.3 Å². The van der Waals surface area contributed by atoms with E-state index < -0.39 is 10.0 Å². The first-order valence-electron chi connectivity index (χ1n) is 8.71. The topological polar surface area (TPSA) is 76.0 Å². The van der Waals surface area contributed by atoms with Crippen molar-refractivity contribution in [3.8, 4) is 5.75 Å². The molecule has 0 saturated carbocycles. The highest BCUT2D eigenvalue weighted by Crippen LogP contribution is 2.32. The largest absolute Gasteiger partial charge is 0.425 e. The molecule has 0 unspecified atom stereocenters. The van der Waals surface area contributed by atoms with Crippen molar-refractivity contribution in [3.05, 3.63) is 57.5 Å². The van der Waals surface area contributed by atoms with Gasteiger partial charge >= 0.3 is 5.97 Å². The maximum Gasteiger partial charge on any atom is 0.314 e. The van der Waals surface area contributed by atoms with Gasteiger partial charge in [0.05, 0.1) is 10.4 Å². The van der Waals surface area contributed by atoms with Gasteiger partial charge in [-0.3, -0.25) is 4.79 Å². The molecule has 1 saturated heterocycles. The summed E-state index contributed by atoms with van der Waals surface area (Å²) in [5.41, 5.74) is 0.619. The average molecular weight is 484 g/mol. The molecule has 0 spiro atoms. The second-order valence-corrected chi connectivity index (χ2v) is 9.51. The van der Waals surface area contributed by atoms with Crippen LogP contribution in [-0.4, -0.2) is 38.2 Å². The summed E-state index contributed by atoms with van der Waals surface area (Å²) in [6, 6.07) is 11.8. The van der Waals surface area contributed by atoms with Crippen LogP contribution in [0.1, 0.15) is 18.4 Å². The minimum atomic E-state index is -3.64. The number of esters is 1. The molecule has 4 rings (SSSR count). The number of carbonyl (C=O) groups is 1. The van der Waals surface area contributed by atoms with Crippen LogP contribution < -0.4 is 4.74 Å². The van der Waals surface area contributed by atoms with Crippen molar-refractivity contribution in [2.45, 2.75) is 17.7 Å². The summed E-state index contributed by atoms with van der Waals surface area (Å²) in [4.78, 5) is 14.7. The Morgan fingerprint density at radius 2 is 1.89 bits per heavy atom. The molecule has 9 heteroatoms. The summed E-state index contributed by atoms with van der Waals surface area (Å²) in [5.74, 6) is 0.330. The third-order valence-corrected chi connectivity index (χ3v) is 7.02. The number of nitrogens with zero attached hydrogens (tertiary/aromatic N) is 2. The van der Waals surface area contributed by atoms with Crippen LogP contribution in [0.5, 0.6) is 5.75 Å². The summed E-state index contributed by atoms with van der Waals surface area (Å²) in [5, 5.41) is 0.549. The molecule has 2 aromatic carbocycles. The third kappa shape index (κ3) is 3.68. The third-order valence-electron chi connectivity index (χ3n) is 4.84. The predicted molar refractivity (Wildman–Crippen MR) is 109 cm³/mol. The molecule has 2 heterocycles. The lowest BCUT2D eigenvalue weighted by atomic mass is 9.96. The highest BCUT2D eigenvalue weighted by molar-refractivity contribution is 9.10. The van der Waals surface area contributed by atoms with Crippen molar-refractivity contribution in [3.63, 3.8) is 0 Å². The van der Waals surface area contributed by atoms with Crippen LogP contribution in [0.2, 0.25) is 5.02 Å². The zero-order valence-electron chi connectivity index (χ0n) is 14.6. The van der Waals surface area contributed by atoms with E-state index in [1.807, 2.05) is 4.90 Å². The first-order chi connectivity index (χ1) is 13.3. The van der Waals surface area contributed by atoms with Gasteiger partial charge in [0.15, 0.2) is 5.84 Å². The Morgan fingerprint density at radius 3 is 2.61 bits per heavy atom. The average Bonchev–Trinajstić information content (AvgIpc) is 2.96. The highest BCUT2D eigenvalue weighted by Gasteiger charge is 2.35. The van der Waals surface area contributed by atoms with Crippen LogP contribution in [0.15, 0.2) is 56.2 Å². The number of halogens is 2. The Hall–Kier alpha value is -1.90. The second-order valence-electron chi connectivity index (χ2n) is 6.64. The van der Waals surface area contributed by atoms with E-state index in [4.69, 9.17) is 16.3 Å². The van der Waals surface area contributed by atoms with Gasteiger partial charge in [-0.05, 0) is 59.1 Å². The van der Waals surface area contributed by atoms with Gasteiger partial charge in [-0.2, -0.15) is 8.42 Å². The first-order valence-corrected chi connectivity index (χ1v) is 11.3. The standard InChI is InChI=1S/C19H16BrClN2O4S/c20-15-11-13(21)5-6-16(15)27-19(24)12-7-9-23(10-8-12)18-14-3-1-2-4-17(14)28(25,26)22-18/h1-6,11-12H,7-10H2. The van der Waals surface area contributed by atoms with Gasteiger partial charge in [-0.25, -0.2) is 0 Å². The van der Waals surface area contributed by atoms with Crippen LogP contribution in [-0.2, 0) is 14.8 Å². The Balaban J connectivity index is 1.43. The van der Waals surface area contributed by atoms with Crippen LogP contribution >= 0.6 is 27.5 Å². The number of rotatable bonds is 2. The maximum absolute atomic E-state index is 12.5. The number of ether oxygens (including phenoxy) is 1. The molecule has 2 aromatic rings. The molecule has 2 aliphatic heterocycles. The fraction of sp³-hybridized carbons (Fsp3) is 0.263. The smallest absolute Gasteiger partial charge is 0.314 e. The molecule has 0 N–H and O–H groups in total. The van der Waals surface area contributed by atoms with Gasteiger partial charge in [-0.15, -0.1) is 4.40 Å². The van der Waals surface area contributed by atoms with Gasteiger partial charge in [0, 0.05) is 23.7 Å². The molecule has 146 valence electrons. The quantitative estimate of drug-likeness (QED) is 0.479. The fourth-order valence-corrected chi connectivity index (χ4v) is 5.38. The molecule has 0 aliphatic carbocycles. The molecule has 0 atom stereocenters. The van der Waals surface area contributed by atoms with E-state index in [1.54, 1.807) is 42.5 Å². The Morgan fingerprint density at radius 1 is 1.18 bits per heavy atom. The van der Waals surface area contributed by atoms with Crippen molar-refractivity contribution in [1.82, 2.24) is 4.90 Å². The highest BCUT2D eigenvalue weighted by atomic mass is 79.9. The summed E-state index contributed by atoms with van der Waals surface area (Å²) in [6.45, 7) is 1.06. The minimum Gasteiger partial charge on any atom is -0.425 e. The molecule has 1 fully saturated rings. The predicted octanol–water partition coefficient (Wildman–Crippen LogP) is 3.87. The van der Waals surface area contributed by atoms with E-state index in [9.17, 15) is 13.2 Å². The Kier molecular flexibility index (Phi) is 5.20. The molecular weight excluding hydrogens is 468 g/mol. The maximum atomic E-state index is 12.5. The summed E-state index contributed by atoms with van der Waals surface area (Å²) in [7, 11) is -3.64. The van der Waals surface area contributed by atoms with Crippen molar-refractivity contribution >= 4 is 49.4 Å². The van der Waals surface area contributed by atoms with Crippen LogP contribution in [0, 0.1) is 5.92 Å². The van der Waals surface area contributed by atoms with Crippen molar-refractivity contribution in [1.29, 1.82) is 0 Å². The second kappa shape index (κ2) is 7.50. The number of piperidine rings is 1. The van der Waals surface area contributed by atoms with E-state index in [0.29, 0.717) is 52.6 Å². The monoisotopic (exact) mass is 482 g/mol. The zero-order valence-corrected chi connectivity index (χ0v) is 17.8. The van der Waals surface area contributed by atoms with E-state index in [1.165, 1.54) is 0 Å². The van der Waals surface area contributed by atoms with Gasteiger partial charge < -0.3 is 9.64 Å². The lowest BCUT2D eigenvalue weighted by Gasteiger charge is -2.32. The van der Waals surface area contributed by atoms with Gasteiger partial charge in [-0.1, -0.05) is 23.7 Å². The number of carbonyl (C=O) groups excluding carboxylic acids is 1. The number of fused-ring (bicyclic) bond motifs is 1. The SMILES string of the molecule is O=C(Oc1ccc(Cl)cc1Br)C1CCN(C2=NS(=O)(=O)c3ccccc32)CC1. The van der Waals surface area contributed by atoms with Crippen LogP contribution in [0.25, 0.3) is 0 Å². The van der Waals surface area contributed by atoms with E-state index >= 15 is 0 Å². The summed E-state index contributed by atoms with van der Waals surface area (Å²) in [6.07, 6.45) is 1.12. The fourth-order valence-electron chi connectivity index (χ4n) is 3.39. The Labute approximate surface area is 176 Å². The van der Waals surface area contributed by atoms with Crippen molar-refractivity contribution in [2.75, 3.05) is 13.1 Å². The van der Waals surface area contributed by atoms with Gasteiger partial charge in [0.1, 0.15) is 10.6 Å². The molecule has 0 aromatic heterocycles. The number of amidine groups is 1. The summed E-state index contributed by atoms with van der Waals surface area (Å²) < 4.78 is 34.5. The normalized spacial score (nSPS) is 18.5. The molecular formula is C19H16BrClN2O4S. The van der Waals surface area contributed by atoms with E-state index in [-0.39, 0.29) is 16.8 Å². The van der Waals surface area contributed by atoms with Crippen LogP contribution in [0.4, 0.5) is 0 Å². The minimum absolute atomic E-state index is 0.235. The summed E-state index contributed by atoms with van der Waals surface area (Å²) >= 11 is 9.24.